The number of carbonyl (C=O) groups is 1. The Labute approximate surface area is 159 Å². The van der Waals surface area contributed by atoms with Gasteiger partial charge in [-0.25, -0.2) is 8.78 Å². The first-order chi connectivity index (χ1) is 13.6. The number of nitrogens with one attached hydrogen (secondary N) is 2. The van der Waals surface area contributed by atoms with E-state index in [0.717, 1.165) is 37.1 Å². The van der Waals surface area contributed by atoms with Crippen LogP contribution in [0.4, 0.5) is 8.78 Å². The number of amides is 1. The van der Waals surface area contributed by atoms with Crippen LogP contribution in [-0.4, -0.2) is 26.2 Å². The summed E-state index contributed by atoms with van der Waals surface area (Å²) in [6.45, 7) is 0.0110. The molecule has 0 fully saturated rings. The Balaban J connectivity index is 1.32. The molecule has 1 aliphatic carbocycles. The van der Waals surface area contributed by atoms with Crippen LogP contribution >= 0.6 is 0 Å². The molecule has 0 radical (unpaired) electrons. The fourth-order valence-electron chi connectivity index (χ4n) is 3.38. The Bertz CT molecular complexity index is 978. The summed E-state index contributed by atoms with van der Waals surface area (Å²) in [6.07, 6.45) is 5.16. The molecule has 0 bridgehead atoms. The van der Waals surface area contributed by atoms with Crippen molar-refractivity contribution in [2.75, 3.05) is 0 Å². The SMILES string of the molecule is O=C(CCc1n[nH]c2c1CCCC2)NCc1noc(-c2c(F)cccc2F)n1. The van der Waals surface area contributed by atoms with Crippen LogP contribution in [0.25, 0.3) is 11.5 Å². The number of benzene rings is 1. The lowest BCUT2D eigenvalue weighted by atomic mass is 9.95. The van der Waals surface area contributed by atoms with Gasteiger partial charge in [-0.3, -0.25) is 9.89 Å². The number of hydrogen-bond donors (Lipinski definition) is 2. The smallest absolute Gasteiger partial charge is 0.263 e. The first-order valence-electron chi connectivity index (χ1n) is 9.20. The van der Waals surface area contributed by atoms with Gasteiger partial charge in [0.25, 0.3) is 5.89 Å². The molecule has 0 saturated heterocycles. The third kappa shape index (κ3) is 3.78. The predicted octanol–water partition coefficient (Wildman–Crippen LogP) is 2.87. The minimum absolute atomic E-state index is 0.0110. The molecule has 0 saturated carbocycles. The number of fused-ring (bicyclic) bond motifs is 1. The average Bonchev–Trinajstić information content (AvgIpc) is 3.32. The zero-order chi connectivity index (χ0) is 19.5. The number of hydrogen-bond acceptors (Lipinski definition) is 5. The average molecular weight is 387 g/mol. The Kier molecular flexibility index (Phi) is 5.14. The van der Waals surface area contributed by atoms with E-state index in [1.54, 1.807) is 0 Å². The number of rotatable bonds is 6. The Morgan fingerprint density at radius 1 is 1.21 bits per heavy atom. The molecule has 7 nitrogen and oxygen atoms in total. The van der Waals surface area contributed by atoms with E-state index in [0.29, 0.717) is 6.42 Å². The van der Waals surface area contributed by atoms with Gasteiger partial charge in [0.15, 0.2) is 5.82 Å². The number of aromatic amines is 1. The van der Waals surface area contributed by atoms with Crippen molar-refractivity contribution in [3.8, 4) is 11.5 Å². The van der Waals surface area contributed by atoms with E-state index >= 15 is 0 Å². The molecule has 9 heteroatoms. The summed E-state index contributed by atoms with van der Waals surface area (Å²) in [7, 11) is 0. The Hall–Kier alpha value is -3.10. The highest BCUT2D eigenvalue weighted by atomic mass is 19.1. The molecule has 28 heavy (non-hydrogen) atoms. The van der Waals surface area contributed by atoms with Gasteiger partial charge in [0, 0.05) is 18.5 Å². The van der Waals surface area contributed by atoms with E-state index in [1.165, 1.54) is 23.7 Å². The first-order valence-corrected chi connectivity index (χ1v) is 9.20. The summed E-state index contributed by atoms with van der Waals surface area (Å²) in [5.41, 5.74) is 2.99. The molecule has 0 aliphatic heterocycles. The highest BCUT2D eigenvalue weighted by molar-refractivity contribution is 5.76. The molecule has 4 rings (SSSR count). The molecule has 3 aromatic rings. The van der Waals surface area contributed by atoms with Crippen LogP contribution in [0.5, 0.6) is 0 Å². The number of carbonyl (C=O) groups excluding carboxylic acids is 1. The molecule has 1 amide bonds. The van der Waals surface area contributed by atoms with Crippen molar-refractivity contribution in [2.24, 2.45) is 0 Å². The summed E-state index contributed by atoms with van der Waals surface area (Å²) in [5.74, 6) is -1.88. The largest absolute Gasteiger partial charge is 0.349 e. The second kappa shape index (κ2) is 7.87. The zero-order valence-electron chi connectivity index (χ0n) is 15.1. The fourth-order valence-corrected chi connectivity index (χ4v) is 3.38. The highest BCUT2D eigenvalue weighted by Gasteiger charge is 2.19. The molecule has 2 aromatic heterocycles. The van der Waals surface area contributed by atoms with E-state index in [4.69, 9.17) is 4.52 Å². The van der Waals surface area contributed by atoms with Crippen LogP contribution in [0.3, 0.4) is 0 Å². The van der Waals surface area contributed by atoms with Crippen molar-refractivity contribution in [2.45, 2.75) is 45.1 Å². The van der Waals surface area contributed by atoms with Gasteiger partial charge >= 0.3 is 0 Å². The summed E-state index contributed by atoms with van der Waals surface area (Å²) in [5, 5.41) is 13.7. The maximum absolute atomic E-state index is 13.8. The van der Waals surface area contributed by atoms with E-state index in [2.05, 4.69) is 25.7 Å². The van der Waals surface area contributed by atoms with E-state index in [1.807, 2.05) is 0 Å². The fraction of sp³-hybridized carbons (Fsp3) is 0.368. The van der Waals surface area contributed by atoms with Crippen LogP contribution < -0.4 is 5.32 Å². The van der Waals surface area contributed by atoms with E-state index in [9.17, 15) is 13.6 Å². The Morgan fingerprint density at radius 3 is 2.82 bits per heavy atom. The molecule has 1 aromatic carbocycles. The quantitative estimate of drug-likeness (QED) is 0.678. The van der Waals surface area contributed by atoms with Crippen molar-refractivity contribution in [1.29, 1.82) is 0 Å². The molecular formula is C19H19F2N5O2. The van der Waals surface area contributed by atoms with Gasteiger partial charge in [-0.15, -0.1) is 0 Å². The molecule has 0 unspecified atom stereocenters. The van der Waals surface area contributed by atoms with Crippen molar-refractivity contribution in [1.82, 2.24) is 25.7 Å². The molecule has 2 N–H and O–H groups in total. The number of aryl methyl sites for hydroxylation is 2. The minimum atomic E-state index is -0.790. The second-order valence-corrected chi connectivity index (χ2v) is 6.72. The molecule has 1 aliphatic rings. The van der Waals surface area contributed by atoms with E-state index < -0.39 is 11.6 Å². The van der Waals surface area contributed by atoms with Gasteiger partial charge < -0.3 is 9.84 Å². The minimum Gasteiger partial charge on any atom is -0.349 e. The lowest BCUT2D eigenvalue weighted by Crippen LogP contribution is -2.23. The van der Waals surface area contributed by atoms with Crippen LogP contribution in [0.1, 0.15) is 42.0 Å². The lowest BCUT2D eigenvalue weighted by Gasteiger charge is -2.10. The van der Waals surface area contributed by atoms with Crippen LogP contribution in [0, 0.1) is 11.6 Å². The Morgan fingerprint density at radius 2 is 2.00 bits per heavy atom. The predicted molar refractivity (Wildman–Crippen MR) is 95.0 cm³/mol. The standard InChI is InChI=1S/C19H19F2N5O2/c20-12-5-3-6-13(21)18(12)19-23-16(26-28-19)10-22-17(27)9-8-15-11-4-1-2-7-14(11)24-25-15/h3,5-6H,1-2,4,7-10H2,(H,22,27)(H,24,25). The van der Waals surface area contributed by atoms with Gasteiger partial charge in [-0.05, 0) is 43.4 Å². The summed E-state index contributed by atoms with van der Waals surface area (Å²) >= 11 is 0. The van der Waals surface area contributed by atoms with Gasteiger partial charge in [0.1, 0.15) is 17.2 Å². The van der Waals surface area contributed by atoms with Crippen molar-refractivity contribution in [3.05, 3.63) is 52.6 Å². The van der Waals surface area contributed by atoms with Gasteiger partial charge in [0.2, 0.25) is 5.91 Å². The van der Waals surface area contributed by atoms with Crippen molar-refractivity contribution >= 4 is 5.91 Å². The van der Waals surface area contributed by atoms with Crippen molar-refractivity contribution in [3.63, 3.8) is 0 Å². The number of H-pyrrole nitrogens is 1. The molecule has 0 atom stereocenters. The maximum Gasteiger partial charge on any atom is 0.263 e. The maximum atomic E-state index is 13.8. The summed E-state index contributed by atoms with van der Waals surface area (Å²) < 4.78 is 32.5. The first kappa shape index (κ1) is 18.3. The topological polar surface area (TPSA) is 96.7 Å². The lowest BCUT2D eigenvalue weighted by molar-refractivity contribution is -0.121. The van der Waals surface area contributed by atoms with Crippen LogP contribution in [-0.2, 0) is 30.6 Å². The number of aromatic nitrogens is 4. The monoisotopic (exact) mass is 387 g/mol. The van der Waals surface area contributed by atoms with Gasteiger partial charge in [0.05, 0.1) is 12.2 Å². The molecular weight excluding hydrogens is 368 g/mol. The molecule has 146 valence electrons. The summed E-state index contributed by atoms with van der Waals surface area (Å²) in [6, 6.07) is 3.47. The van der Waals surface area contributed by atoms with Crippen LogP contribution in [0.2, 0.25) is 0 Å². The number of halogens is 2. The van der Waals surface area contributed by atoms with Gasteiger partial charge in [-0.1, -0.05) is 11.2 Å². The number of nitrogens with zero attached hydrogens (tertiary/aromatic N) is 3. The third-order valence-corrected chi connectivity index (χ3v) is 4.82. The highest BCUT2D eigenvalue weighted by Crippen LogP contribution is 2.24. The van der Waals surface area contributed by atoms with Crippen molar-refractivity contribution < 1.29 is 18.1 Å². The van der Waals surface area contributed by atoms with Crippen LogP contribution in [0.15, 0.2) is 22.7 Å². The molecule has 2 heterocycles. The van der Waals surface area contributed by atoms with Gasteiger partial charge in [-0.2, -0.15) is 10.1 Å². The third-order valence-electron chi connectivity index (χ3n) is 4.82. The summed E-state index contributed by atoms with van der Waals surface area (Å²) in [4.78, 5) is 16.1. The second-order valence-electron chi connectivity index (χ2n) is 6.72. The molecule has 0 spiro atoms. The zero-order valence-corrected chi connectivity index (χ0v) is 15.1. The normalized spacial score (nSPS) is 13.4. The van der Waals surface area contributed by atoms with E-state index in [-0.39, 0.29) is 36.2 Å².